The highest BCUT2D eigenvalue weighted by Crippen LogP contribution is 2.19. The van der Waals surface area contributed by atoms with Crippen molar-refractivity contribution in [2.24, 2.45) is 0 Å². The van der Waals surface area contributed by atoms with Crippen LogP contribution in [-0.2, 0) is 4.79 Å². The van der Waals surface area contributed by atoms with Gasteiger partial charge in [0, 0.05) is 30.5 Å². The average molecular weight is 353 g/mol. The van der Waals surface area contributed by atoms with Crippen molar-refractivity contribution >= 4 is 29.1 Å². The number of amides is 2. The van der Waals surface area contributed by atoms with Crippen LogP contribution < -0.4 is 16.0 Å². The first kappa shape index (κ1) is 17.8. The van der Waals surface area contributed by atoms with Gasteiger partial charge >= 0.3 is 0 Å². The summed E-state index contributed by atoms with van der Waals surface area (Å²) in [7, 11) is 0. The van der Waals surface area contributed by atoms with E-state index < -0.39 is 0 Å². The molecule has 1 aromatic heterocycles. The van der Waals surface area contributed by atoms with E-state index in [1.807, 2.05) is 12.1 Å². The Morgan fingerprint density at radius 3 is 2.62 bits per heavy atom. The van der Waals surface area contributed by atoms with Crippen molar-refractivity contribution < 1.29 is 9.59 Å². The highest BCUT2D eigenvalue weighted by atomic mass is 16.2. The number of rotatable bonds is 5. The van der Waals surface area contributed by atoms with E-state index in [9.17, 15) is 9.59 Å². The Balaban J connectivity index is 1.67. The maximum absolute atomic E-state index is 12.4. The number of carbonyl (C=O) groups excluding carboxylic acids is 2. The SMILES string of the molecule is CC(=O)Nc1cccc(Nc2nccc(C(=O)NC3CCCCC3)n2)c1. The summed E-state index contributed by atoms with van der Waals surface area (Å²) < 4.78 is 0. The molecular weight excluding hydrogens is 330 g/mol. The fourth-order valence-corrected chi connectivity index (χ4v) is 3.06. The first-order valence-corrected chi connectivity index (χ1v) is 8.89. The molecule has 0 aliphatic heterocycles. The van der Waals surface area contributed by atoms with Crippen LogP contribution in [-0.4, -0.2) is 27.8 Å². The Morgan fingerprint density at radius 2 is 1.85 bits per heavy atom. The minimum Gasteiger partial charge on any atom is -0.348 e. The topological polar surface area (TPSA) is 96.0 Å². The molecule has 7 nitrogen and oxygen atoms in total. The number of benzene rings is 1. The molecule has 0 spiro atoms. The van der Waals surface area contributed by atoms with Gasteiger partial charge in [-0.1, -0.05) is 25.3 Å². The largest absolute Gasteiger partial charge is 0.348 e. The maximum Gasteiger partial charge on any atom is 0.270 e. The molecule has 2 aromatic rings. The van der Waals surface area contributed by atoms with Crippen LogP contribution in [0.4, 0.5) is 17.3 Å². The number of hydrogen-bond donors (Lipinski definition) is 3. The third kappa shape index (κ3) is 5.02. The number of nitrogens with one attached hydrogen (secondary N) is 3. The molecule has 0 unspecified atom stereocenters. The second-order valence-electron chi connectivity index (χ2n) is 6.46. The summed E-state index contributed by atoms with van der Waals surface area (Å²) in [5, 5.41) is 8.84. The summed E-state index contributed by atoms with van der Waals surface area (Å²) in [6.45, 7) is 1.46. The normalized spacial score (nSPS) is 14.5. The van der Waals surface area contributed by atoms with E-state index in [0.29, 0.717) is 17.3 Å². The third-order valence-corrected chi connectivity index (χ3v) is 4.27. The molecule has 3 rings (SSSR count). The zero-order valence-corrected chi connectivity index (χ0v) is 14.8. The molecule has 1 fully saturated rings. The lowest BCUT2D eigenvalue weighted by molar-refractivity contribution is -0.114. The summed E-state index contributed by atoms with van der Waals surface area (Å²) in [5.41, 5.74) is 1.74. The Morgan fingerprint density at radius 1 is 1.08 bits per heavy atom. The molecule has 136 valence electrons. The van der Waals surface area contributed by atoms with Crippen LogP contribution in [0.25, 0.3) is 0 Å². The van der Waals surface area contributed by atoms with E-state index in [-0.39, 0.29) is 17.9 Å². The molecule has 7 heteroatoms. The second kappa shape index (κ2) is 8.42. The van der Waals surface area contributed by atoms with Crippen molar-refractivity contribution in [1.29, 1.82) is 0 Å². The molecule has 3 N–H and O–H groups in total. The summed E-state index contributed by atoms with van der Waals surface area (Å²) >= 11 is 0. The summed E-state index contributed by atoms with van der Waals surface area (Å²) in [4.78, 5) is 32.0. The molecule has 1 aromatic carbocycles. The van der Waals surface area contributed by atoms with Gasteiger partial charge in [0.2, 0.25) is 11.9 Å². The van der Waals surface area contributed by atoms with Crippen LogP contribution in [0.5, 0.6) is 0 Å². The van der Waals surface area contributed by atoms with E-state index in [4.69, 9.17) is 0 Å². The maximum atomic E-state index is 12.4. The van der Waals surface area contributed by atoms with Crippen LogP contribution in [0.2, 0.25) is 0 Å². The first-order valence-electron chi connectivity index (χ1n) is 8.89. The molecule has 26 heavy (non-hydrogen) atoms. The fraction of sp³-hybridized carbons (Fsp3) is 0.368. The molecule has 2 amide bonds. The van der Waals surface area contributed by atoms with Crippen molar-refractivity contribution in [3.05, 3.63) is 42.2 Å². The van der Waals surface area contributed by atoms with Crippen LogP contribution in [0.1, 0.15) is 49.5 Å². The van der Waals surface area contributed by atoms with Gasteiger partial charge < -0.3 is 16.0 Å². The van der Waals surface area contributed by atoms with Crippen LogP contribution in [0.15, 0.2) is 36.5 Å². The van der Waals surface area contributed by atoms with Crippen molar-refractivity contribution in [1.82, 2.24) is 15.3 Å². The summed E-state index contributed by atoms with van der Waals surface area (Å²) in [5.74, 6) is 0.0235. The zero-order chi connectivity index (χ0) is 18.4. The second-order valence-corrected chi connectivity index (χ2v) is 6.46. The van der Waals surface area contributed by atoms with Crippen molar-refractivity contribution in [3.8, 4) is 0 Å². The molecule has 1 heterocycles. The van der Waals surface area contributed by atoms with Gasteiger partial charge in [-0.3, -0.25) is 9.59 Å². The highest BCUT2D eigenvalue weighted by molar-refractivity contribution is 5.92. The van der Waals surface area contributed by atoms with Crippen LogP contribution in [0, 0.1) is 0 Å². The van der Waals surface area contributed by atoms with Gasteiger partial charge in [0.05, 0.1) is 0 Å². The summed E-state index contributed by atoms with van der Waals surface area (Å²) in [6.07, 6.45) is 7.17. The van der Waals surface area contributed by atoms with E-state index in [0.717, 1.165) is 31.4 Å². The third-order valence-electron chi connectivity index (χ3n) is 4.27. The molecule has 1 aliphatic carbocycles. The lowest BCUT2D eigenvalue weighted by Crippen LogP contribution is -2.36. The summed E-state index contributed by atoms with van der Waals surface area (Å²) in [6, 6.07) is 9.06. The number of nitrogens with zero attached hydrogens (tertiary/aromatic N) is 2. The van der Waals surface area contributed by atoms with Gasteiger partial charge in [-0.05, 0) is 37.1 Å². The monoisotopic (exact) mass is 353 g/mol. The minimum absolute atomic E-state index is 0.139. The van der Waals surface area contributed by atoms with E-state index >= 15 is 0 Å². The number of hydrogen-bond acceptors (Lipinski definition) is 5. The van der Waals surface area contributed by atoms with Gasteiger partial charge in [0.15, 0.2) is 0 Å². The average Bonchev–Trinajstić information content (AvgIpc) is 2.62. The van der Waals surface area contributed by atoms with Gasteiger partial charge in [-0.2, -0.15) is 0 Å². The number of anilines is 3. The number of aromatic nitrogens is 2. The first-order chi connectivity index (χ1) is 12.6. The van der Waals surface area contributed by atoms with E-state index in [2.05, 4.69) is 25.9 Å². The lowest BCUT2D eigenvalue weighted by Gasteiger charge is -2.22. The zero-order valence-electron chi connectivity index (χ0n) is 14.8. The Kier molecular flexibility index (Phi) is 5.78. The van der Waals surface area contributed by atoms with Gasteiger partial charge in [0.25, 0.3) is 5.91 Å². The molecule has 1 aliphatic rings. The predicted molar refractivity (Wildman–Crippen MR) is 100 cm³/mol. The fourth-order valence-electron chi connectivity index (χ4n) is 3.06. The highest BCUT2D eigenvalue weighted by Gasteiger charge is 2.17. The van der Waals surface area contributed by atoms with Crippen molar-refractivity contribution in [3.63, 3.8) is 0 Å². The standard InChI is InChI=1S/C19H23N5O2/c1-13(25)21-15-8-5-9-16(12-15)23-19-20-11-10-17(24-19)18(26)22-14-6-3-2-4-7-14/h5,8-12,14H,2-4,6-7H2,1H3,(H,21,25)(H,22,26)(H,20,23,24). The van der Waals surface area contributed by atoms with Crippen LogP contribution in [0.3, 0.4) is 0 Å². The molecule has 0 saturated heterocycles. The number of carbonyl (C=O) groups is 2. The Hall–Kier alpha value is -2.96. The van der Waals surface area contributed by atoms with Gasteiger partial charge in [0.1, 0.15) is 5.69 Å². The van der Waals surface area contributed by atoms with E-state index in [1.165, 1.54) is 13.3 Å². The molecule has 0 radical (unpaired) electrons. The quantitative estimate of drug-likeness (QED) is 0.767. The smallest absolute Gasteiger partial charge is 0.270 e. The van der Waals surface area contributed by atoms with Gasteiger partial charge in [-0.15, -0.1) is 0 Å². The van der Waals surface area contributed by atoms with Crippen LogP contribution >= 0.6 is 0 Å². The Bertz CT molecular complexity index is 787. The Labute approximate surface area is 152 Å². The molecule has 0 atom stereocenters. The molecule has 0 bridgehead atoms. The predicted octanol–water partition coefficient (Wildman–Crippen LogP) is 3.24. The van der Waals surface area contributed by atoms with E-state index in [1.54, 1.807) is 24.4 Å². The van der Waals surface area contributed by atoms with Gasteiger partial charge in [-0.25, -0.2) is 9.97 Å². The molecular formula is C19H23N5O2. The molecule has 1 saturated carbocycles. The van der Waals surface area contributed by atoms with Crippen molar-refractivity contribution in [2.75, 3.05) is 10.6 Å². The van der Waals surface area contributed by atoms with Crippen molar-refractivity contribution in [2.45, 2.75) is 45.1 Å². The minimum atomic E-state index is -0.172. The lowest BCUT2D eigenvalue weighted by atomic mass is 9.95.